The van der Waals surface area contributed by atoms with Gasteiger partial charge in [-0.25, -0.2) is 0 Å². The van der Waals surface area contributed by atoms with E-state index >= 15 is 0 Å². The third-order valence-corrected chi connectivity index (χ3v) is 3.84. The number of furan rings is 1. The van der Waals surface area contributed by atoms with Gasteiger partial charge in [-0.2, -0.15) is 0 Å². The molecule has 2 N–H and O–H groups in total. The van der Waals surface area contributed by atoms with Crippen molar-refractivity contribution in [3.05, 3.63) is 23.7 Å². The van der Waals surface area contributed by atoms with Gasteiger partial charge in [-0.05, 0) is 19.1 Å². The molecule has 2 heterocycles. The lowest BCUT2D eigenvalue weighted by Gasteiger charge is -2.33. The van der Waals surface area contributed by atoms with E-state index in [9.17, 15) is 4.79 Å². The Kier molecular flexibility index (Phi) is 12.9. The summed E-state index contributed by atoms with van der Waals surface area (Å²) in [6.07, 6.45) is 0. The Balaban J connectivity index is 0.00000288. The average molecular weight is 398 g/mol. The van der Waals surface area contributed by atoms with Crippen LogP contribution in [0.4, 0.5) is 0 Å². The molecule has 0 bridgehead atoms. The third kappa shape index (κ3) is 8.40. The second kappa shape index (κ2) is 13.4. The predicted molar refractivity (Wildman–Crippen MR) is 101 cm³/mol. The third-order valence-electron chi connectivity index (χ3n) is 3.84. The van der Waals surface area contributed by atoms with Gasteiger partial charge in [0.05, 0.1) is 32.4 Å². The van der Waals surface area contributed by atoms with Crippen molar-refractivity contribution in [2.45, 2.75) is 13.0 Å². The summed E-state index contributed by atoms with van der Waals surface area (Å²) in [5.41, 5.74) is 0. The summed E-state index contributed by atoms with van der Waals surface area (Å²) >= 11 is 0. The average Bonchev–Trinajstić information content (AvgIpc) is 2.99. The Morgan fingerprint density at radius 3 is 2.64 bits per heavy atom. The van der Waals surface area contributed by atoms with Crippen molar-refractivity contribution >= 4 is 30.7 Å². The van der Waals surface area contributed by atoms with Crippen molar-refractivity contribution < 1.29 is 18.7 Å². The molecule has 1 aromatic heterocycles. The largest absolute Gasteiger partial charge is 0.465 e. The fourth-order valence-corrected chi connectivity index (χ4v) is 2.58. The van der Waals surface area contributed by atoms with Gasteiger partial charge in [-0.3, -0.25) is 9.69 Å². The van der Waals surface area contributed by atoms with Crippen LogP contribution >= 0.6 is 24.8 Å². The fraction of sp³-hybridized carbons (Fsp3) is 0.688. The molecule has 9 heteroatoms. The Bertz CT molecular complexity index is 482. The summed E-state index contributed by atoms with van der Waals surface area (Å²) in [4.78, 5) is 14.2. The molecule has 0 radical (unpaired) electrons. The van der Waals surface area contributed by atoms with Crippen LogP contribution in [0.15, 0.2) is 16.5 Å². The number of hydrogen-bond acceptors (Lipinski definition) is 6. The molecular weight excluding hydrogens is 369 g/mol. The molecule has 2 rings (SSSR count). The van der Waals surface area contributed by atoms with Crippen LogP contribution in [0, 0.1) is 6.92 Å². The van der Waals surface area contributed by atoms with E-state index in [1.807, 2.05) is 19.1 Å². The van der Waals surface area contributed by atoms with Crippen molar-refractivity contribution in [3.8, 4) is 0 Å². The number of amides is 1. The summed E-state index contributed by atoms with van der Waals surface area (Å²) in [7, 11) is 1.64. The number of morpholine rings is 1. The molecule has 25 heavy (non-hydrogen) atoms. The van der Waals surface area contributed by atoms with Crippen molar-refractivity contribution in [2.75, 3.05) is 59.7 Å². The van der Waals surface area contributed by atoms with Crippen LogP contribution in [0.3, 0.4) is 0 Å². The van der Waals surface area contributed by atoms with Gasteiger partial charge in [0, 0.05) is 33.3 Å². The highest BCUT2D eigenvalue weighted by atomic mass is 35.5. The molecule has 0 spiro atoms. The highest BCUT2D eigenvalue weighted by Gasteiger charge is 2.25. The van der Waals surface area contributed by atoms with E-state index < -0.39 is 0 Å². The van der Waals surface area contributed by atoms with Crippen LogP contribution in [0.1, 0.15) is 17.6 Å². The monoisotopic (exact) mass is 397 g/mol. The molecule has 1 fully saturated rings. The number of methoxy groups -OCH3 is 1. The van der Waals surface area contributed by atoms with Gasteiger partial charge in [-0.1, -0.05) is 0 Å². The molecule has 1 amide bonds. The summed E-state index contributed by atoms with van der Waals surface area (Å²) in [5, 5.41) is 6.02. The maximum Gasteiger partial charge on any atom is 0.234 e. The van der Waals surface area contributed by atoms with Crippen LogP contribution in [0.5, 0.6) is 0 Å². The molecule has 1 aromatic rings. The minimum atomic E-state index is -0.0253. The van der Waals surface area contributed by atoms with E-state index in [1.54, 1.807) is 7.11 Å². The highest BCUT2D eigenvalue weighted by molar-refractivity contribution is 5.85. The topological polar surface area (TPSA) is 76.0 Å². The van der Waals surface area contributed by atoms with E-state index in [2.05, 4.69) is 15.5 Å². The first-order valence-corrected chi connectivity index (χ1v) is 8.05. The maximum atomic E-state index is 11.9. The van der Waals surface area contributed by atoms with Crippen LogP contribution in [-0.2, 0) is 14.3 Å². The summed E-state index contributed by atoms with van der Waals surface area (Å²) < 4.78 is 16.1. The van der Waals surface area contributed by atoms with Crippen molar-refractivity contribution in [3.63, 3.8) is 0 Å². The van der Waals surface area contributed by atoms with Crippen molar-refractivity contribution in [1.82, 2.24) is 15.5 Å². The smallest absolute Gasteiger partial charge is 0.234 e. The number of hydrogen-bond donors (Lipinski definition) is 2. The van der Waals surface area contributed by atoms with Gasteiger partial charge in [0.15, 0.2) is 0 Å². The summed E-state index contributed by atoms with van der Waals surface area (Å²) in [6.45, 7) is 7.10. The SMILES string of the molecule is COCCNCC(=O)NCC(c1ccc(C)o1)N1CCOCC1.Cl.Cl. The number of rotatable bonds is 9. The number of aryl methyl sites for hydroxylation is 1. The Labute approximate surface area is 161 Å². The highest BCUT2D eigenvalue weighted by Crippen LogP contribution is 2.23. The van der Waals surface area contributed by atoms with Gasteiger partial charge < -0.3 is 24.5 Å². The molecular formula is C16H29Cl2N3O4. The number of halogens is 2. The Hall–Kier alpha value is -0.830. The quantitative estimate of drug-likeness (QED) is 0.608. The Morgan fingerprint density at radius 2 is 2.04 bits per heavy atom. The fourth-order valence-electron chi connectivity index (χ4n) is 2.58. The minimum absolute atomic E-state index is 0. The summed E-state index contributed by atoms with van der Waals surface area (Å²) in [5.74, 6) is 1.74. The molecule has 1 unspecified atom stereocenters. The zero-order valence-corrected chi connectivity index (χ0v) is 16.4. The second-order valence-electron chi connectivity index (χ2n) is 5.59. The predicted octanol–water partition coefficient (Wildman–Crippen LogP) is 1.16. The van der Waals surface area contributed by atoms with Gasteiger partial charge >= 0.3 is 0 Å². The lowest BCUT2D eigenvalue weighted by molar-refractivity contribution is -0.120. The first kappa shape index (κ1) is 24.2. The zero-order chi connectivity index (χ0) is 16.5. The molecule has 1 aliphatic heterocycles. The standard InChI is InChI=1S/C16H27N3O4.2ClH/c1-13-3-4-15(23-13)14(19-6-9-22-10-7-19)11-18-16(20)12-17-5-8-21-2;;/h3-4,14,17H,5-12H2,1-2H3,(H,18,20);2*1H. The van der Waals surface area contributed by atoms with E-state index in [1.165, 1.54) is 0 Å². The number of nitrogens with zero attached hydrogens (tertiary/aromatic N) is 1. The lowest BCUT2D eigenvalue weighted by Crippen LogP contribution is -2.45. The normalized spacial score (nSPS) is 15.8. The van der Waals surface area contributed by atoms with E-state index in [0.29, 0.717) is 32.9 Å². The van der Waals surface area contributed by atoms with E-state index in [4.69, 9.17) is 13.9 Å². The zero-order valence-electron chi connectivity index (χ0n) is 14.8. The van der Waals surface area contributed by atoms with Crippen molar-refractivity contribution in [1.29, 1.82) is 0 Å². The number of nitrogens with one attached hydrogen (secondary N) is 2. The molecule has 146 valence electrons. The van der Waals surface area contributed by atoms with Gasteiger partial charge in [0.25, 0.3) is 0 Å². The van der Waals surface area contributed by atoms with Gasteiger partial charge in [-0.15, -0.1) is 24.8 Å². The van der Waals surface area contributed by atoms with Crippen LogP contribution < -0.4 is 10.6 Å². The molecule has 1 aliphatic rings. The van der Waals surface area contributed by atoms with Crippen molar-refractivity contribution in [2.24, 2.45) is 0 Å². The molecule has 0 aliphatic carbocycles. The number of ether oxygens (including phenoxy) is 2. The first-order valence-electron chi connectivity index (χ1n) is 8.05. The van der Waals surface area contributed by atoms with E-state index in [-0.39, 0.29) is 43.3 Å². The molecule has 0 saturated carbocycles. The van der Waals surface area contributed by atoms with Crippen LogP contribution in [-0.4, -0.2) is 70.5 Å². The van der Waals surface area contributed by atoms with Crippen LogP contribution in [0.25, 0.3) is 0 Å². The maximum absolute atomic E-state index is 11.9. The lowest BCUT2D eigenvalue weighted by atomic mass is 10.1. The molecule has 1 saturated heterocycles. The van der Waals surface area contributed by atoms with Crippen LogP contribution in [0.2, 0.25) is 0 Å². The number of carbonyl (C=O) groups excluding carboxylic acids is 1. The van der Waals surface area contributed by atoms with Gasteiger partial charge in [0.2, 0.25) is 5.91 Å². The Morgan fingerprint density at radius 1 is 1.32 bits per heavy atom. The van der Waals surface area contributed by atoms with E-state index in [0.717, 1.165) is 24.6 Å². The summed E-state index contributed by atoms with van der Waals surface area (Å²) in [6, 6.07) is 3.98. The first-order chi connectivity index (χ1) is 11.2. The second-order valence-corrected chi connectivity index (χ2v) is 5.59. The molecule has 1 atom stereocenters. The molecule has 7 nitrogen and oxygen atoms in total. The molecule has 0 aromatic carbocycles. The minimum Gasteiger partial charge on any atom is -0.465 e. The number of carbonyl (C=O) groups is 1. The van der Waals surface area contributed by atoms with Gasteiger partial charge in [0.1, 0.15) is 11.5 Å².